The van der Waals surface area contributed by atoms with Gasteiger partial charge in [-0.3, -0.25) is 4.79 Å². The topological polar surface area (TPSA) is 68.0 Å². The molecule has 16 heavy (non-hydrogen) atoms. The molecule has 88 valence electrons. The van der Waals surface area contributed by atoms with E-state index in [2.05, 4.69) is 10.3 Å². The predicted octanol–water partition coefficient (Wildman–Crippen LogP) is 0.929. The second-order valence-electron chi connectivity index (χ2n) is 4.54. The minimum absolute atomic E-state index is 0.0368. The standard InChI is InChI=1S/C11H17N3OS/c1-11(12,8-2-3-8)10(15)13-5-4-9-6-16-7-14-9/h6-8H,2-5,12H2,1H3,(H,13,15). The van der Waals surface area contributed by atoms with Crippen molar-refractivity contribution in [2.24, 2.45) is 11.7 Å². The van der Waals surface area contributed by atoms with Crippen LogP contribution in [0.2, 0.25) is 0 Å². The summed E-state index contributed by atoms with van der Waals surface area (Å²) in [6.07, 6.45) is 2.93. The summed E-state index contributed by atoms with van der Waals surface area (Å²) in [7, 11) is 0. The van der Waals surface area contributed by atoms with Gasteiger partial charge in [0.15, 0.2) is 0 Å². The maximum absolute atomic E-state index is 11.8. The molecule has 0 aromatic carbocycles. The van der Waals surface area contributed by atoms with E-state index in [1.165, 1.54) is 0 Å². The maximum atomic E-state index is 11.8. The molecule has 2 rings (SSSR count). The number of nitrogens with two attached hydrogens (primary N) is 1. The molecule has 5 heteroatoms. The Morgan fingerprint density at radius 2 is 2.50 bits per heavy atom. The summed E-state index contributed by atoms with van der Waals surface area (Å²) in [5.41, 5.74) is 8.13. The average Bonchev–Trinajstić information content (AvgIpc) is 2.99. The summed E-state index contributed by atoms with van der Waals surface area (Å²) in [5.74, 6) is 0.331. The lowest BCUT2D eigenvalue weighted by molar-refractivity contribution is -0.126. The molecular formula is C11H17N3OS. The molecule has 0 bridgehead atoms. The second-order valence-corrected chi connectivity index (χ2v) is 5.26. The lowest BCUT2D eigenvalue weighted by Gasteiger charge is -2.22. The van der Waals surface area contributed by atoms with Crippen LogP contribution in [-0.4, -0.2) is 23.0 Å². The smallest absolute Gasteiger partial charge is 0.240 e. The molecule has 3 N–H and O–H groups in total. The number of amides is 1. The number of rotatable bonds is 5. The highest BCUT2D eigenvalue weighted by Crippen LogP contribution is 2.38. The molecule has 1 saturated carbocycles. The van der Waals surface area contributed by atoms with E-state index in [-0.39, 0.29) is 5.91 Å². The number of carbonyl (C=O) groups is 1. The van der Waals surface area contributed by atoms with Crippen molar-refractivity contribution in [3.05, 3.63) is 16.6 Å². The van der Waals surface area contributed by atoms with E-state index in [4.69, 9.17) is 5.73 Å². The maximum Gasteiger partial charge on any atom is 0.240 e. The quantitative estimate of drug-likeness (QED) is 0.803. The summed E-state index contributed by atoms with van der Waals surface area (Å²) >= 11 is 1.57. The highest BCUT2D eigenvalue weighted by molar-refractivity contribution is 7.07. The van der Waals surface area contributed by atoms with E-state index in [1.54, 1.807) is 16.8 Å². The van der Waals surface area contributed by atoms with Crippen LogP contribution in [0, 0.1) is 5.92 Å². The number of thiazole rings is 1. The van der Waals surface area contributed by atoms with Crippen LogP contribution in [0.15, 0.2) is 10.9 Å². The number of aromatic nitrogens is 1. The van der Waals surface area contributed by atoms with E-state index in [1.807, 2.05) is 12.3 Å². The third-order valence-corrected chi connectivity index (χ3v) is 3.70. The highest BCUT2D eigenvalue weighted by Gasteiger charge is 2.43. The normalized spacial score (nSPS) is 19.1. The van der Waals surface area contributed by atoms with Crippen LogP contribution < -0.4 is 11.1 Å². The Labute approximate surface area is 99.3 Å². The van der Waals surface area contributed by atoms with Crippen molar-refractivity contribution in [2.75, 3.05) is 6.54 Å². The molecule has 1 unspecified atom stereocenters. The van der Waals surface area contributed by atoms with Crippen molar-refractivity contribution in [2.45, 2.75) is 31.7 Å². The minimum Gasteiger partial charge on any atom is -0.354 e. The summed E-state index contributed by atoms with van der Waals surface area (Å²) < 4.78 is 0. The van der Waals surface area contributed by atoms with Gasteiger partial charge in [0.25, 0.3) is 0 Å². The van der Waals surface area contributed by atoms with Crippen LogP contribution in [0.5, 0.6) is 0 Å². The van der Waals surface area contributed by atoms with Gasteiger partial charge in [-0.25, -0.2) is 4.98 Å². The first-order valence-electron chi connectivity index (χ1n) is 5.55. The molecule has 1 aliphatic rings. The average molecular weight is 239 g/mol. The molecule has 0 spiro atoms. The van der Waals surface area contributed by atoms with E-state index in [0.717, 1.165) is 25.0 Å². The Kier molecular flexibility index (Phi) is 3.25. The summed E-state index contributed by atoms with van der Waals surface area (Å²) in [4.78, 5) is 16.0. The number of nitrogens with zero attached hydrogens (tertiary/aromatic N) is 1. The van der Waals surface area contributed by atoms with Crippen LogP contribution in [0.4, 0.5) is 0 Å². The SMILES string of the molecule is CC(N)(C(=O)NCCc1cscn1)C1CC1. The van der Waals surface area contributed by atoms with Gasteiger partial charge in [-0.1, -0.05) is 0 Å². The summed E-state index contributed by atoms with van der Waals surface area (Å²) in [6.45, 7) is 2.44. The van der Waals surface area contributed by atoms with Crippen LogP contribution in [0.3, 0.4) is 0 Å². The van der Waals surface area contributed by atoms with Crippen molar-refractivity contribution in [3.8, 4) is 0 Å². The third-order valence-electron chi connectivity index (χ3n) is 3.06. The molecule has 1 aromatic heterocycles. The number of hydrogen-bond donors (Lipinski definition) is 2. The zero-order valence-corrected chi connectivity index (χ0v) is 10.2. The van der Waals surface area contributed by atoms with Crippen LogP contribution in [-0.2, 0) is 11.2 Å². The van der Waals surface area contributed by atoms with E-state index in [9.17, 15) is 4.79 Å². The zero-order chi connectivity index (χ0) is 11.6. The summed E-state index contributed by atoms with van der Waals surface area (Å²) in [6, 6.07) is 0. The van der Waals surface area contributed by atoms with Gasteiger partial charge in [0.1, 0.15) is 0 Å². The van der Waals surface area contributed by atoms with Crippen molar-refractivity contribution >= 4 is 17.2 Å². The molecule has 0 saturated heterocycles. The van der Waals surface area contributed by atoms with Crippen LogP contribution in [0.1, 0.15) is 25.5 Å². The number of hydrogen-bond acceptors (Lipinski definition) is 4. The highest BCUT2D eigenvalue weighted by atomic mass is 32.1. The van der Waals surface area contributed by atoms with Gasteiger partial charge >= 0.3 is 0 Å². The first-order chi connectivity index (χ1) is 7.60. The fourth-order valence-electron chi connectivity index (χ4n) is 1.72. The lowest BCUT2D eigenvalue weighted by Crippen LogP contribution is -2.53. The van der Waals surface area contributed by atoms with Crippen molar-refractivity contribution in [1.29, 1.82) is 0 Å². The molecular weight excluding hydrogens is 222 g/mol. The van der Waals surface area contributed by atoms with Crippen LogP contribution in [0.25, 0.3) is 0 Å². The van der Waals surface area contributed by atoms with Gasteiger partial charge in [0.05, 0.1) is 16.7 Å². The molecule has 4 nitrogen and oxygen atoms in total. The molecule has 0 aliphatic heterocycles. The largest absolute Gasteiger partial charge is 0.354 e. The Morgan fingerprint density at radius 3 is 3.06 bits per heavy atom. The second kappa shape index (κ2) is 4.51. The van der Waals surface area contributed by atoms with Gasteiger partial charge < -0.3 is 11.1 Å². The van der Waals surface area contributed by atoms with Gasteiger partial charge in [0.2, 0.25) is 5.91 Å². The van der Waals surface area contributed by atoms with Crippen molar-refractivity contribution in [3.63, 3.8) is 0 Å². The van der Waals surface area contributed by atoms with E-state index < -0.39 is 5.54 Å². The Balaban J connectivity index is 1.75. The summed E-state index contributed by atoms with van der Waals surface area (Å²) in [5, 5.41) is 4.88. The monoisotopic (exact) mass is 239 g/mol. The fraction of sp³-hybridized carbons (Fsp3) is 0.636. The lowest BCUT2D eigenvalue weighted by atomic mass is 9.96. The zero-order valence-electron chi connectivity index (χ0n) is 9.40. The molecule has 1 amide bonds. The number of nitrogens with one attached hydrogen (secondary N) is 1. The molecule has 1 fully saturated rings. The van der Waals surface area contributed by atoms with Gasteiger partial charge in [0, 0.05) is 18.3 Å². The van der Waals surface area contributed by atoms with Gasteiger partial charge in [-0.05, 0) is 25.7 Å². The fourth-order valence-corrected chi connectivity index (χ4v) is 2.32. The molecule has 1 atom stereocenters. The predicted molar refractivity (Wildman–Crippen MR) is 64.1 cm³/mol. The first-order valence-corrected chi connectivity index (χ1v) is 6.49. The van der Waals surface area contributed by atoms with Gasteiger partial charge in [-0.2, -0.15) is 0 Å². The Bertz CT molecular complexity index is 357. The van der Waals surface area contributed by atoms with E-state index >= 15 is 0 Å². The van der Waals surface area contributed by atoms with Crippen LogP contribution >= 0.6 is 11.3 Å². The van der Waals surface area contributed by atoms with Crippen molar-refractivity contribution < 1.29 is 4.79 Å². The van der Waals surface area contributed by atoms with E-state index in [0.29, 0.717) is 12.5 Å². The Morgan fingerprint density at radius 1 is 1.75 bits per heavy atom. The molecule has 0 radical (unpaired) electrons. The first kappa shape index (κ1) is 11.5. The molecule has 1 aromatic rings. The third kappa shape index (κ3) is 2.59. The Hall–Kier alpha value is -0.940. The van der Waals surface area contributed by atoms with Crippen molar-refractivity contribution in [1.82, 2.24) is 10.3 Å². The minimum atomic E-state index is -0.692. The molecule has 1 heterocycles. The number of carbonyl (C=O) groups excluding carboxylic acids is 1. The molecule has 1 aliphatic carbocycles. The van der Waals surface area contributed by atoms with Gasteiger partial charge in [-0.15, -0.1) is 11.3 Å².